The van der Waals surface area contributed by atoms with E-state index in [1.54, 1.807) is 34.0 Å². The highest BCUT2D eigenvalue weighted by Gasteiger charge is 2.27. The van der Waals surface area contributed by atoms with Crippen molar-refractivity contribution in [3.8, 4) is 11.1 Å². The number of carbonyl (C=O) groups is 2. The lowest BCUT2D eigenvalue weighted by Gasteiger charge is -2.23. The molecule has 0 saturated carbocycles. The van der Waals surface area contributed by atoms with Gasteiger partial charge in [-0.2, -0.15) is 0 Å². The summed E-state index contributed by atoms with van der Waals surface area (Å²) in [7, 11) is 0. The Labute approximate surface area is 185 Å². The zero-order chi connectivity index (χ0) is 22.2. The fourth-order valence-corrected chi connectivity index (χ4v) is 4.34. The molecule has 5 rings (SSSR count). The molecule has 0 fully saturated rings. The molecule has 32 heavy (non-hydrogen) atoms. The van der Waals surface area contributed by atoms with E-state index in [2.05, 4.69) is 4.98 Å². The Kier molecular flexibility index (Phi) is 4.82. The van der Waals surface area contributed by atoms with Crippen LogP contribution in [0, 0.1) is 6.92 Å². The normalized spacial score (nSPS) is 12.6. The molecule has 6 nitrogen and oxygen atoms in total. The Bertz CT molecular complexity index is 1340. The fraction of sp³-hybridized carbons (Fsp3) is 0.115. The maximum atomic E-state index is 13.7. The summed E-state index contributed by atoms with van der Waals surface area (Å²) in [5.74, 6) is -1.09. The molecule has 0 unspecified atom stereocenters. The molecule has 0 radical (unpaired) electrons. The van der Waals surface area contributed by atoms with Crippen LogP contribution in [0.1, 0.15) is 37.7 Å². The number of nitrogens with zero attached hydrogens (tertiary/aromatic N) is 3. The van der Waals surface area contributed by atoms with Gasteiger partial charge in [0.05, 0.1) is 13.1 Å². The SMILES string of the molecule is Cc1cc(C(=O)N2Cc3ccc(C(=O)O)n3Cc3ccccc32)ccc1-c1ccncc1. The molecule has 2 aromatic carbocycles. The number of aromatic nitrogens is 2. The number of benzene rings is 2. The Morgan fingerprint density at radius 1 is 0.938 bits per heavy atom. The van der Waals surface area contributed by atoms with Crippen LogP contribution in [-0.2, 0) is 13.1 Å². The van der Waals surface area contributed by atoms with Crippen LogP contribution in [0.5, 0.6) is 0 Å². The number of amides is 1. The Morgan fingerprint density at radius 3 is 2.47 bits per heavy atom. The molecular weight excluding hydrogens is 402 g/mol. The monoisotopic (exact) mass is 423 g/mol. The Hall–Kier alpha value is -4.19. The number of para-hydroxylation sites is 1. The van der Waals surface area contributed by atoms with Crippen LogP contribution >= 0.6 is 0 Å². The van der Waals surface area contributed by atoms with Gasteiger partial charge in [-0.3, -0.25) is 9.78 Å². The van der Waals surface area contributed by atoms with Crippen molar-refractivity contribution in [2.45, 2.75) is 20.0 Å². The third-order valence-electron chi connectivity index (χ3n) is 5.93. The number of rotatable bonds is 3. The largest absolute Gasteiger partial charge is 0.477 e. The molecule has 3 heterocycles. The van der Waals surface area contributed by atoms with Gasteiger partial charge in [-0.15, -0.1) is 0 Å². The molecule has 6 heteroatoms. The van der Waals surface area contributed by atoms with E-state index in [0.717, 1.165) is 33.6 Å². The fourth-order valence-electron chi connectivity index (χ4n) is 4.34. The summed E-state index contributed by atoms with van der Waals surface area (Å²) in [6, 6.07) is 20.7. The van der Waals surface area contributed by atoms with E-state index in [-0.39, 0.29) is 11.6 Å². The van der Waals surface area contributed by atoms with Crippen LogP contribution in [0.2, 0.25) is 0 Å². The predicted molar refractivity (Wildman–Crippen MR) is 122 cm³/mol. The molecule has 4 aromatic rings. The molecule has 1 aliphatic rings. The zero-order valence-electron chi connectivity index (χ0n) is 17.5. The first-order valence-corrected chi connectivity index (χ1v) is 10.4. The van der Waals surface area contributed by atoms with Crippen LogP contribution in [0.4, 0.5) is 5.69 Å². The van der Waals surface area contributed by atoms with Gasteiger partial charge in [0.2, 0.25) is 0 Å². The average Bonchev–Trinajstić information content (AvgIpc) is 3.13. The van der Waals surface area contributed by atoms with Gasteiger partial charge in [-0.25, -0.2) is 4.79 Å². The van der Waals surface area contributed by atoms with E-state index in [1.165, 1.54) is 0 Å². The Morgan fingerprint density at radius 2 is 1.72 bits per heavy atom. The number of pyridine rings is 1. The number of fused-ring (bicyclic) bond motifs is 2. The zero-order valence-corrected chi connectivity index (χ0v) is 17.5. The molecule has 158 valence electrons. The van der Waals surface area contributed by atoms with Crippen molar-refractivity contribution in [1.82, 2.24) is 9.55 Å². The number of carboxylic acids is 1. The lowest BCUT2D eigenvalue weighted by atomic mass is 9.98. The third-order valence-corrected chi connectivity index (χ3v) is 5.93. The molecule has 1 N–H and O–H groups in total. The quantitative estimate of drug-likeness (QED) is 0.515. The van der Waals surface area contributed by atoms with Gasteiger partial charge in [-0.05, 0) is 71.6 Å². The first-order valence-electron chi connectivity index (χ1n) is 10.4. The second-order valence-electron chi connectivity index (χ2n) is 7.89. The van der Waals surface area contributed by atoms with Crippen molar-refractivity contribution < 1.29 is 14.7 Å². The van der Waals surface area contributed by atoms with Crippen molar-refractivity contribution in [2.24, 2.45) is 0 Å². The summed E-state index contributed by atoms with van der Waals surface area (Å²) >= 11 is 0. The number of aromatic carboxylic acids is 1. The topological polar surface area (TPSA) is 75.4 Å². The van der Waals surface area contributed by atoms with Gasteiger partial charge in [0.1, 0.15) is 5.69 Å². The lowest BCUT2D eigenvalue weighted by molar-refractivity contribution is 0.0685. The molecule has 0 spiro atoms. The van der Waals surface area contributed by atoms with Gasteiger partial charge in [0, 0.05) is 29.3 Å². The summed E-state index contributed by atoms with van der Waals surface area (Å²) in [5.41, 5.74) is 6.42. The molecule has 1 aliphatic heterocycles. The van der Waals surface area contributed by atoms with Gasteiger partial charge < -0.3 is 14.6 Å². The predicted octanol–water partition coefficient (Wildman–Crippen LogP) is 4.77. The molecule has 0 aliphatic carbocycles. The van der Waals surface area contributed by atoms with E-state index < -0.39 is 5.97 Å². The van der Waals surface area contributed by atoms with E-state index in [9.17, 15) is 14.7 Å². The standard InChI is InChI=1S/C26H21N3O3/c1-17-14-19(6-8-22(17)18-10-12-27-13-11-18)25(30)29-16-21-7-9-24(26(31)32)28(21)15-20-4-2-3-5-23(20)29/h2-14H,15-16H2,1H3,(H,31,32). The first kappa shape index (κ1) is 19.8. The smallest absolute Gasteiger partial charge is 0.352 e. The summed E-state index contributed by atoms with van der Waals surface area (Å²) in [6.45, 7) is 2.70. The van der Waals surface area contributed by atoms with E-state index >= 15 is 0 Å². The van der Waals surface area contributed by atoms with Gasteiger partial charge in [0.25, 0.3) is 5.91 Å². The summed E-state index contributed by atoms with van der Waals surface area (Å²) in [5, 5.41) is 9.57. The van der Waals surface area contributed by atoms with Crippen molar-refractivity contribution in [1.29, 1.82) is 0 Å². The molecule has 0 saturated heterocycles. The van der Waals surface area contributed by atoms with Crippen LogP contribution in [0.15, 0.2) is 79.1 Å². The van der Waals surface area contributed by atoms with Gasteiger partial charge in [0.15, 0.2) is 0 Å². The molecule has 1 amide bonds. The van der Waals surface area contributed by atoms with Crippen molar-refractivity contribution >= 4 is 17.6 Å². The maximum absolute atomic E-state index is 13.7. The van der Waals surface area contributed by atoms with Crippen molar-refractivity contribution in [3.05, 3.63) is 107 Å². The second kappa shape index (κ2) is 7.81. The molecule has 0 bridgehead atoms. The number of hydrogen-bond acceptors (Lipinski definition) is 3. The maximum Gasteiger partial charge on any atom is 0.352 e. The van der Waals surface area contributed by atoms with Crippen LogP contribution < -0.4 is 4.90 Å². The van der Waals surface area contributed by atoms with Crippen molar-refractivity contribution in [3.63, 3.8) is 0 Å². The second-order valence-corrected chi connectivity index (χ2v) is 7.89. The van der Waals surface area contributed by atoms with Crippen molar-refractivity contribution in [2.75, 3.05) is 4.90 Å². The van der Waals surface area contributed by atoms with E-state index in [1.807, 2.05) is 61.5 Å². The average molecular weight is 423 g/mol. The minimum Gasteiger partial charge on any atom is -0.477 e. The Balaban J connectivity index is 1.55. The molecule has 0 atom stereocenters. The highest BCUT2D eigenvalue weighted by Crippen LogP contribution is 2.31. The highest BCUT2D eigenvalue weighted by atomic mass is 16.4. The third kappa shape index (κ3) is 3.36. The number of carboxylic acid groups (broad SMARTS) is 1. The lowest BCUT2D eigenvalue weighted by Crippen LogP contribution is -2.30. The van der Waals surface area contributed by atoms with E-state index in [0.29, 0.717) is 18.7 Å². The first-order chi connectivity index (χ1) is 15.5. The summed E-state index contributed by atoms with van der Waals surface area (Å²) < 4.78 is 1.77. The minimum absolute atomic E-state index is 0.117. The molecular formula is C26H21N3O3. The molecule has 2 aromatic heterocycles. The minimum atomic E-state index is -0.976. The number of anilines is 1. The van der Waals surface area contributed by atoms with E-state index in [4.69, 9.17) is 0 Å². The van der Waals surface area contributed by atoms with Gasteiger partial charge in [-0.1, -0.05) is 24.3 Å². The summed E-state index contributed by atoms with van der Waals surface area (Å²) in [6.07, 6.45) is 3.50. The highest BCUT2D eigenvalue weighted by molar-refractivity contribution is 6.07. The van der Waals surface area contributed by atoms with Gasteiger partial charge >= 0.3 is 5.97 Å². The summed E-state index contributed by atoms with van der Waals surface area (Å²) in [4.78, 5) is 31.1. The number of hydrogen-bond donors (Lipinski definition) is 1. The number of carbonyl (C=O) groups excluding carboxylic acids is 1. The van der Waals surface area contributed by atoms with Crippen LogP contribution in [0.25, 0.3) is 11.1 Å². The number of aryl methyl sites for hydroxylation is 1. The van der Waals surface area contributed by atoms with Crippen LogP contribution in [-0.4, -0.2) is 26.5 Å². The van der Waals surface area contributed by atoms with Crippen LogP contribution in [0.3, 0.4) is 0 Å².